The first-order chi connectivity index (χ1) is 12.6. The van der Waals surface area contributed by atoms with Gasteiger partial charge < -0.3 is 19.2 Å². The van der Waals surface area contributed by atoms with Gasteiger partial charge in [-0.1, -0.05) is 25.0 Å². The third-order valence-electron chi connectivity index (χ3n) is 6.02. The highest BCUT2D eigenvalue weighted by atomic mass is 16.5. The largest absolute Gasteiger partial charge is 0.497 e. The van der Waals surface area contributed by atoms with Crippen LogP contribution in [0.1, 0.15) is 54.3 Å². The summed E-state index contributed by atoms with van der Waals surface area (Å²) < 4.78 is 10.6. The fourth-order valence-corrected chi connectivity index (χ4v) is 4.66. The van der Waals surface area contributed by atoms with Crippen LogP contribution < -0.4 is 4.74 Å². The van der Waals surface area contributed by atoms with Crippen LogP contribution >= 0.6 is 0 Å². The van der Waals surface area contributed by atoms with E-state index in [1.807, 2.05) is 29.2 Å². The smallest absolute Gasteiger partial charge is 0.290 e. The van der Waals surface area contributed by atoms with Crippen LogP contribution in [0.5, 0.6) is 5.75 Å². The summed E-state index contributed by atoms with van der Waals surface area (Å²) >= 11 is 0. The maximum Gasteiger partial charge on any atom is 0.290 e. The summed E-state index contributed by atoms with van der Waals surface area (Å²) in [5, 5.41) is 11.3. The molecule has 1 saturated heterocycles. The van der Waals surface area contributed by atoms with Crippen LogP contribution in [0, 0.1) is 5.92 Å². The Kier molecular flexibility index (Phi) is 4.49. The summed E-state index contributed by atoms with van der Waals surface area (Å²) in [5.41, 5.74) is 0.346. The van der Waals surface area contributed by atoms with Crippen molar-refractivity contribution in [3.05, 3.63) is 54.0 Å². The van der Waals surface area contributed by atoms with E-state index in [2.05, 4.69) is 0 Å². The van der Waals surface area contributed by atoms with Gasteiger partial charge in [0.25, 0.3) is 5.91 Å². The molecule has 1 saturated carbocycles. The molecule has 1 N–H and O–H groups in total. The number of hydrogen-bond acceptors (Lipinski definition) is 4. The lowest BCUT2D eigenvalue weighted by atomic mass is 9.66. The number of furan rings is 1. The number of carbonyl (C=O) groups excluding carboxylic acids is 1. The topological polar surface area (TPSA) is 62.9 Å². The van der Waals surface area contributed by atoms with Crippen LogP contribution in [0.2, 0.25) is 0 Å². The number of carbonyl (C=O) groups is 1. The Balaban J connectivity index is 1.73. The Morgan fingerprint density at radius 3 is 2.73 bits per heavy atom. The number of benzene rings is 1. The zero-order chi connectivity index (χ0) is 18.1. The van der Waals surface area contributed by atoms with Crippen molar-refractivity contribution >= 4 is 5.91 Å². The summed E-state index contributed by atoms with van der Waals surface area (Å²) in [5.74, 6) is 1.07. The molecular formula is C21H25NO4. The first-order valence-corrected chi connectivity index (χ1v) is 9.33. The second-order valence-electron chi connectivity index (χ2n) is 7.40. The maximum absolute atomic E-state index is 13.1. The number of hydrogen-bond donors (Lipinski definition) is 1. The Morgan fingerprint density at radius 2 is 2.04 bits per heavy atom. The monoisotopic (exact) mass is 355 g/mol. The fourth-order valence-electron chi connectivity index (χ4n) is 4.66. The van der Waals surface area contributed by atoms with Crippen molar-refractivity contribution < 1.29 is 19.1 Å². The number of ether oxygens (including phenoxy) is 1. The van der Waals surface area contributed by atoms with Crippen LogP contribution in [0.25, 0.3) is 0 Å². The maximum atomic E-state index is 13.1. The number of amides is 1. The van der Waals surface area contributed by atoms with Crippen molar-refractivity contribution in [3.8, 4) is 5.75 Å². The molecule has 1 aromatic heterocycles. The highest BCUT2D eigenvalue weighted by Gasteiger charge is 2.50. The second-order valence-corrected chi connectivity index (χ2v) is 7.40. The van der Waals surface area contributed by atoms with Gasteiger partial charge >= 0.3 is 0 Å². The molecule has 0 spiro atoms. The molecule has 138 valence electrons. The van der Waals surface area contributed by atoms with Gasteiger partial charge in [0, 0.05) is 12.5 Å². The molecule has 0 radical (unpaired) electrons. The van der Waals surface area contributed by atoms with Crippen molar-refractivity contribution in [1.29, 1.82) is 0 Å². The van der Waals surface area contributed by atoms with Crippen molar-refractivity contribution in [2.45, 2.75) is 43.7 Å². The molecule has 1 aliphatic heterocycles. The minimum atomic E-state index is -0.692. The van der Waals surface area contributed by atoms with Gasteiger partial charge in [-0.25, -0.2) is 0 Å². The van der Waals surface area contributed by atoms with E-state index < -0.39 is 5.60 Å². The van der Waals surface area contributed by atoms with Crippen LogP contribution in [-0.4, -0.2) is 35.2 Å². The van der Waals surface area contributed by atoms with Gasteiger partial charge in [0.2, 0.25) is 0 Å². The van der Waals surface area contributed by atoms with Crippen LogP contribution in [0.4, 0.5) is 0 Å². The van der Waals surface area contributed by atoms with E-state index in [9.17, 15) is 9.90 Å². The molecule has 1 aliphatic carbocycles. The predicted molar refractivity (Wildman–Crippen MR) is 97.0 cm³/mol. The fraction of sp³-hybridized carbons (Fsp3) is 0.476. The van der Waals surface area contributed by atoms with E-state index in [4.69, 9.17) is 9.15 Å². The summed E-state index contributed by atoms with van der Waals surface area (Å²) in [6, 6.07) is 11.1. The molecule has 2 aromatic rings. The van der Waals surface area contributed by atoms with Gasteiger partial charge in [-0.3, -0.25) is 4.79 Å². The van der Waals surface area contributed by atoms with Crippen LogP contribution in [0.15, 0.2) is 47.1 Å². The second kappa shape index (κ2) is 6.80. The summed E-state index contributed by atoms with van der Waals surface area (Å²) in [7, 11) is 1.64. The highest BCUT2D eigenvalue weighted by Crippen LogP contribution is 2.49. The lowest BCUT2D eigenvalue weighted by molar-refractivity contribution is -0.115. The highest BCUT2D eigenvalue weighted by molar-refractivity contribution is 5.92. The molecule has 1 aromatic carbocycles. The minimum Gasteiger partial charge on any atom is -0.497 e. The van der Waals surface area contributed by atoms with Gasteiger partial charge in [-0.05, 0) is 49.1 Å². The summed E-state index contributed by atoms with van der Waals surface area (Å²) in [6.07, 6.45) is 6.02. The number of fused-ring (bicyclic) bond motifs is 1. The average molecular weight is 355 g/mol. The predicted octanol–water partition coefficient (Wildman–Crippen LogP) is 3.80. The molecule has 2 fully saturated rings. The normalized spacial score (nSPS) is 28.5. The van der Waals surface area contributed by atoms with Crippen LogP contribution in [-0.2, 0) is 0 Å². The average Bonchev–Trinajstić information content (AvgIpc) is 3.21. The Hall–Kier alpha value is -2.27. The Bertz CT molecular complexity index is 755. The molecule has 3 unspecified atom stereocenters. The number of likely N-dealkylation sites (tertiary alicyclic amines) is 1. The number of methoxy groups -OCH3 is 1. The molecule has 0 bridgehead atoms. The summed E-state index contributed by atoms with van der Waals surface area (Å²) in [6.45, 7) is 0.531. The van der Waals surface area contributed by atoms with Crippen molar-refractivity contribution in [2.75, 3.05) is 13.7 Å². The van der Waals surface area contributed by atoms with Gasteiger partial charge in [0.05, 0.1) is 25.0 Å². The van der Waals surface area contributed by atoms with Gasteiger partial charge in [0.1, 0.15) is 5.75 Å². The van der Waals surface area contributed by atoms with Crippen LogP contribution in [0.3, 0.4) is 0 Å². The van der Waals surface area contributed by atoms with Crippen molar-refractivity contribution in [2.24, 2.45) is 5.92 Å². The number of aliphatic hydroxyl groups is 1. The lowest BCUT2D eigenvalue weighted by Gasteiger charge is -2.52. The third kappa shape index (κ3) is 2.90. The Morgan fingerprint density at radius 1 is 1.23 bits per heavy atom. The van der Waals surface area contributed by atoms with E-state index in [-0.39, 0.29) is 17.9 Å². The quantitative estimate of drug-likeness (QED) is 0.910. The van der Waals surface area contributed by atoms with E-state index in [0.29, 0.717) is 18.7 Å². The van der Waals surface area contributed by atoms with E-state index in [1.165, 1.54) is 6.26 Å². The number of nitrogens with zero attached hydrogens (tertiary/aromatic N) is 1. The molecule has 26 heavy (non-hydrogen) atoms. The molecule has 4 rings (SSSR count). The first-order valence-electron chi connectivity index (χ1n) is 9.33. The van der Waals surface area contributed by atoms with Crippen molar-refractivity contribution in [3.63, 3.8) is 0 Å². The van der Waals surface area contributed by atoms with E-state index in [1.54, 1.807) is 19.2 Å². The zero-order valence-corrected chi connectivity index (χ0v) is 15.1. The van der Waals surface area contributed by atoms with Gasteiger partial charge in [-0.15, -0.1) is 0 Å². The van der Waals surface area contributed by atoms with E-state index in [0.717, 1.165) is 37.0 Å². The summed E-state index contributed by atoms with van der Waals surface area (Å²) in [4.78, 5) is 15.0. The minimum absolute atomic E-state index is 0.0392. The molecule has 2 aliphatic rings. The first kappa shape index (κ1) is 17.2. The molecular weight excluding hydrogens is 330 g/mol. The zero-order valence-electron chi connectivity index (χ0n) is 15.1. The van der Waals surface area contributed by atoms with Gasteiger partial charge in [-0.2, -0.15) is 0 Å². The SMILES string of the molecule is COc1ccc(C2C3CCCCC3(O)CCN2C(=O)c2ccco2)cc1. The Labute approximate surface area is 153 Å². The molecule has 5 heteroatoms. The number of piperidine rings is 1. The number of rotatable bonds is 3. The molecule has 3 atom stereocenters. The molecule has 2 heterocycles. The van der Waals surface area contributed by atoms with Gasteiger partial charge in [0.15, 0.2) is 5.76 Å². The van der Waals surface area contributed by atoms with Crippen molar-refractivity contribution in [1.82, 2.24) is 4.90 Å². The standard InChI is InChI=1S/C21H25NO4/c1-25-16-9-7-15(8-10-16)19-17-5-2-3-11-21(17,24)12-13-22(19)20(23)18-6-4-14-26-18/h4,6-10,14,17,19,24H,2-3,5,11-13H2,1H3. The molecule has 1 amide bonds. The van der Waals surface area contributed by atoms with E-state index >= 15 is 0 Å². The molecule has 5 nitrogen and oxygen atoms in total. The lowest BCUT2D eigenvalue weighted by Crippen LogP contribution is -2.56. The third-order valence-corrected chi connectivity index (χ3v) is 6.02.